The lowest BCUT2D eigenvalue weighted by atomic mass is 10.2. The molecule has 2 heterocycles. The lowest BCUT2D eigenvalue weighted by Crippen LogP contribution is -2.48. The van der Waals surface area contributed by atoms with Crippen molar-refractivity contribution in [2.45, 2.75) is 12.5 Å². The highest BCUT2D eigenvalue weighted by atomic mass is 16.5. The third-order valence-electron chi connectivity index (χ3n) is 3.10. The Morgan fingerprint density at radius 2 is 2.50 bits per heavy atom. The maximum atomic E-state index is 9.23. The summed E-state index contributed by atoms with van der Waals surface area (Å²) in [5.41, 5.74) is 0. The van der Waals surface area contributed by atoms with Gasteiger partial charge in [-0.3, -0.25) is 4.90 Å². The van der Waals surface area contributed by atoms with Crippen LogP contribution in [0.4, 0.5) is 0 Å². The van der Waals surface area contributed by atoms with Gasteiger partial charge in [-0.15, -0.1) is 0 Å². The van der Waals surface area contributed by atoms with E-state index in [-0.39, 0.29) is 12.6 Å². The summed E-state index contributed by atoms with van der Waals surface area (Å²) < 4.78 is 7.38. The third kappa shape index (κ3) is 2.61. The van der Waals surface area contributed by atoms with E-state index in [1.165, 1.54) is 0 Å². The molecule has 1 N–H and O–H groups in total. The first-order valence-corrected chi connectivity index (χ1v) is 5.70. The molecule has 1 fully saturated rings. The quantitative estimate of drug-likeness (QED) is 0.761. The Balaban J connectivity index is 1.86. The normalized spacial score (nSPS) is 22.5. The summed E-state index contributed by atoms with van der Waals surface area (Å²) in [4.78, 5) is 6.57. The van der Waals surface area contributed by atoms with Crippen LogP contribution in [-0.2, 0) is 18.2 Å². The first kappa shape index (κ1) is 11.6. The topological polar surface area (TPSA) is 50.5 Å². The summed E-state index contributed by atoms with van der Waals surface area (Å²) >= 11 is 0. The van der Waals surface area contributed by atoms with Crippen LogP contribution in [0.3, 0.4) is 0 Å². The van der Waals surface area contributed by atoms with Gasteiger partial charge < -0.3 is 14.4 Å². The average Bonchev–Trinajstić information content (AvgIpc) is 2.72. The van der Waals surface area contributed by atoms with Crippen LogP contribution in [0.25, 0.3) is 0 Å². The number of aromatic nitrogens is 2. The number of imidazole rings is 1. The summed E-state index contributed by atoms with van der Waals surface area (Å²) in [6.07, 6.45) is 4.69. The zero-order valence-electron chi connectivity index (χ0n) is 9.67. The van der Waals surface area contributed by atoms with Crippen molar-refractivity contribution in [3.8, 4) is 0 Å². The van der Waals surface area contributed by atoms with E-state index in [0.29, 0.717) is 6.61 Å². The number of ether oxygens (including phenoxy) is 1. The summed E-state index contributed by atoms with van der Waals surface area (Å²) in [7, 11) is 2.01. The predicted molar refractivity (Wildman–Crippen MR) is 60.2 cm³/mol. The van der Waals surface area contributed by atoms with Crippen LogP contribution < -0.4 is 0 Å². The number of aryl methyl sites for hydroxylation is 1. The lowest BCUT2D eigenvalue weighted by Gasteiger charge is -2.34. The second-order valence-corrected chi connectivity index (χ2v) is 4.15. The molecule has 1 aromatic rings. The molecule has 1 atom stereocenters. The molecule has 1 unspecified atom stereocenters. The molecule has 0 spiro atoms. The van der Waals surface area contributed by atoms with Gasteiger partial charge in [0.1, 0.15) is 5.82 Å². The van der Waals surface area contributed by atoms with Gasteiger partial charge in [0.2, 0.25) is 0 Å². The first-order chi connectivity index (χ1) is 7.81. The van der Waals surface area contributed by atoms with Gasteiger partial charge in [0.25, 0.3) is 0 Å². The number of morpholine rings is 1. The Kier molecular flexibility index (Phi) is 3.93. The van der Waals surface area contributed by atoms with E-state index in [1.807, 2.05) is 24.0 Å². The lowest BCUT2D eigenvalue weighted by molar-refractivity contribution is -0.0269. The highest BCUT2D eigenvalue weighted by molar-refractivity contribution is 4.92. The number of hydrogen-bond acceptors (Lipinski definition) is 4. The zero-order valence-corrected chi connectivity index (χ0v) is 9.67. The molecule has 5 nitrogen and oxygen atoms in total. The molecule has 0 radical (unpaired) electrons. The second kappa shape index (κ2) is 5.43. The molecule has 1 aromatic heterocycles. The fourth-order valence-corrected chi connectivity index (χ4v) is 2.03. The standard InChI is InChI=1S/C11H19N3O2/c1-13-5-3-12-11(13)2-4-14-6-7-16-9-10(14)8-15/h3,5,10,15H,2,4,6-9H2,1H3. The predicted octanol–water partition coefficient (Wildman–Crippen LogP) is -0.344. The van der Waals surface area contributed by atoms with E-state index in [9.17, 15) is 5.11 Å². The number of nitrogens with zero attached hydrogens (tertiary/aromatic N) is 3. The third-order valence-corrected chi connectivity index (χ3v) is 3.10. The van der Waals surface area contributed by atoms with Gasteiger partial charge >= 0.3 is 0 Å². The van der Waals surface area contributed by atoms with Crippen LogP contribution in [0.5, 0.6) is 0 Å². The Morgan fingerprint density at radius 1 is 1.62 bits per heavy atom. The van der Waals surface area contributed by atoms with Crippen LogP contribution in [0.1, 0.15) is 5.82 Å². The molecule has 0 aliphatic carbocycles. The van der Waals surface area contributed by atoms with Gasteiger partial charge in [-0.1, -0.05) is 0 Å². The van der Waals surface area contributed by atoms with Gasteiger partial charge in [0.15, 0.2) is 0 Å². The van der Waals surface area contributed by atoms with E-state index < -0.39 is 0 Å². The molecular formula is C11H19N3O2. The zero-order chi connectivity index (χ0) is 11.4. The van der Waals surface area contributed by atoms with Crippen molar-refractivity contribution < 1.29 is 9.84 Å². The van der Waals surface area contributed by atoms with Crippen LogP contribution in [0, 0.1) is 0 Å². The highest BCUT2D eigenvalue weighted by Gasteiger charge is 2.21. The molecule has 1 aliphatic rings. The molecule has 1 aliphatic heterocycles. The molecule has 1 saturated heterocycles. The van der Waals surface area contributed by atoms with E-state index in [0.717, 1.165) is 31.9 Å². The summed E-state index contributed by atoms with van der Waals surface area (Å²) in [5, 5.41) is 9.23. The second-order valence-electron chi connectivity index (χ2n) is 4.15. The molecule has 5 heteroatoms. The number of rotatable bonds is 4. The summed E-state index contributed by atoms with van der Waals surface area (Å²) in [5.74, 6) is 1.09. The smallest absolute Gasteiger partial charge is 0.109 e. The van der Waals surface area contributed by atoms with Crippen molar-refractivity contribution in [2.24, 2.45) is 7.05 Å². The summed E-state index contributed by atoms with van der Waals surface area (Å²) in [6.45, 7) is 3.39. The Bertz CT molecular complexity index is 327. The molecule has 16 heavy (non-hydrogen) atoms. The molecule has 0 bridgehead atoms. The van der Waals surface area contributed by atoms with Crippen LogP contribution in [0.2, 0.25) is 0 Å². The Morgan fingerprint density at radius 3 is 3.19 bits per heavy atom. The minimum absolute atomic E-state index is 0.147. The van der Waals surface area contributed by atoms with E-state index in [4.69, 9.17) is 4.74 Å². The van der Waals surface area contributed by atoms with Crippen molar-refractivity contribution >= 4 is 0 Å². The van der Waals surface area contributed by atoms with E-state index in [2.05, 4.69) is 9.88 Å². The highest BCUT2D eigenvalue weighted by Crippen LogP contribution is 2.07. The SMILES string of the molecule is Cn1ccnc1CCN1CCOCC1CO. The van der Waals surface area contributed by atoms with Crippen LogP contribution >= 0.6 is 0 Å². The molecule has 0 amide bonds. The van der Waals surface area contributed by atoms with Crippen molar-refractivity contribution in [3.63, 3.8) is 0 Å². The van der Waals surface area contributed by atoms with Gasteiger partial charge in [-0.25, -0.2) is 4.98 Å². The van der Waals surface area contributed by atoms with E-state index >= 15 is 0 Å². The van der Waals surface area contributed by atoms with Gasteiger partial charge in [-0.05, 0) is 0 Å². The Hall–Kier alpha value is -0.910. The largest absolute Gasteiger partial charge is 0.395 e. The molecule has 90 valence electrons. The minimum atomic E-state index is 0.147. The summed E-state index contributed by atoms with van der Waals surface area (Å²) in [6, 6.07) is 0.147. The maximum absolute atomic E-state index is 9.23. The fraction of sp³-hybridized carbons (Fsp3) is 0.727. The van der Waals surface area contributed by atoms with Crippen molar-refractivity contribution in [1.29, 1.82) is 0 Å². The molecule has 0 saturated carbocycles. The first-order valence-electron chi connectivity index (χ1n) is 5.70. The van der Waals surface area contributed by atoms with Gasteiger partial charge in [0, 0.05) is 39.0 Å². The molecule has 2 rings (SSSR count). The van der Waals surface area contributed by atoms with E-state index in [1.54, 1.807) is 0 Å². The maximum Gasteiger partial charge on any atom is 0.109 e. The van der Waals surface area contributed by atoms with Crippen molar-refractivity contribution in [1.82, 2.24) is 14.5 Å². The number of aliphatic hydroxyl groups is 1. The average molecular weight is 225 g/mol. The minimum Gasteiger partial charge on any atom is -0.395 e. The number of aliphatic hydroxyl groups excluding tert-OH is 1. The van der Waals surface area contributed by atoms with Gasteiger partial charge in [-0.2, -0.15) is 0 Å². The van der Waals surface area contributed by atoms with Crippen LogP contribution in [-0.4, -0.2) is 58.5 Å². The van der Waals surface area contributed by atoms with Crippen LogP contribution in [0.15, 0.2) is 12.4 Å². The van der Waals surface area contributed by atoms with Crippen molar-refractivity contribution in [3.05, 3.63) is 18.2 Å². The molecular weight excluding hydrogens is 206 g/mol. The fourth-order valence-electron chi connectivity index (χ4n) is 2.03. The Labute approximate surface area is 95.7 Å². The monoisotopic (exact) mass is 225 g/mol. The number of hydrogen-bond donors (Lipinski definition) is 1. The van der Waals surface area contributed by atoms with Gasteiger partial charge in [0.05, 0.1) is 25.9 Å². The van der Waals surface area contributed by atoms with Crippen molar-refractivity contribution in [2.75, 3.05) is 32.9 Å². The molecule has 0 aromatic carbocycles.